The van der Waals surface area contributed by atoms with Crippen LogP contribution in [-0.4, -0.2) is 11.6 Å². The maximum Gasteiger partial charge on any atom is 0.0461 e. The Kier molecular flexibility index (Phi) is 5.34. The first-order valence-corrected chi connectivity index (χ1v) is 6.27. The summed E-state index contributed by atoms with van der Waals surface area (Å²) < 4.78 is 0. The van der Waals surface area contributed by atoms with Gasteiger partial charge in [0.2, 0.25) is 0 Å². The van der Waals surface area contributed by atoms with E-state index in [0.29, 0.717) is 5.88 Å². The number of thioether (sulfide) groups is 1. The van der Waals surface area contributed by atoms with Gasteiger partial charge in [-0.05, 0) is 17.7 Å². The average Bonchev–Trinajstić information content (AvgIpc) is 2.10. The van der Waals surface area contributed by atoms with Gasteiger partial charge >= 0.3 is 0 Å². The topological polar surface area (TPSA) is 0 Å². The molecule has 1 aromatic rings. The molecule has 1 aromatic carbocycles. The van der Waals surface area contributed by atoms with Gasteiger partial charge in [0.25, 0.3) is 0 Å². The van der Waals surface area contributed by atoms with Crippen LogP contribution in [0.15, 0.2) is 18.2 Å². The van der Waals surface area contributed by atoms with E-state index in [2.05, 4.69) is 0 Å². The van der Waals surface area contributed by atoms with E-state index in [1.165, 1.54) is 0 Å². The summed E-state index contributed by atoms with van der Waals surface area (Å²) in [5.74, 6) is 2.40. The molecule has 0 amide bonds. The van der Waals surface area contributed by atoms with Crippen molar-refractivity contribution in [2.45, 2.75) is 5.75 Å². The summed E-state index contributed by atoms with van der Waals surface area (Å²) in [5, 5.41) is 1.46. The molecular formula is C9H9Cl3S. The van der Waals surface area contributed by atoms with Crippen LogP contribution >= 0.6 is 46.6 Å². The minimum Gasteiger partial charge on any atom is -0.156 e. The van der Waals surface area contributed by atoms with Gasteiger partial charge in [-0.2, -0.15) is 11.8 Å². The predicted molar refractivity (Wildman–Crippen MR) is 63.3 cm³/mol. The van der Waals surface area contributed by atoms with Gasteiger partial charge in [-0.15, -0.1) is 11.6 Å². The highest BCUT2D eigenvalue weighted by molar-refractivity contribution is 7.98. The minimum absolute atomic E-state index is 0.659. The van der Waals surface area contributed by atoms with Gasteiger partial charge in [0.15, 0.2) is 0 Å². The Labute approximate surface area is 97.6 Å². The molecule has 0 aliphatic heterocycles. The molecule has 0 aromatic heterocycles. The summed E-state index contributed by atoms with van der Waals surface area (Å²) >= 11 is 19.2. The lowest BCUT2D eigenvalue weighted by molar-refractivity contribution is 1.40. The highest BCUT2D eigenvalue weighted by Crippen LogP contribution is 2.27. The maximum atomic E-state index is 5.98. The molecule has 0 saturated heterocycles. The highest BCUT2D eigenvalue weighted by atomic mass is 35.5. The Bertz CT molecular complexity index is 255. The molecule has 0 aliphatic carbocycles. The second-order valence-electron chi connectivity index (χ2n) is 2.44. The summed E-state index contributed by atoms with van der Waals surface area (Å²) in [6, 6.07) is 5.55. The lowest BCUT2D eigenvalue weighted by Gasteiger charge is -2.05. The lowest BCUT2D eigenvalue weighted by Crippen LogP contribution is -1.87. The van der Waals surface area contributed by atoms with Crippen molar-refractivity contribution < 1.29 is 0 Å². The number of halogens is 3. The van der Waals surface area contributed by atoms with Crippen molar-refractivity contribution in [1.29, 1.82) is 0 Å². The second kappa shape index (κ2) is 6.02. The van der Waals surface area contributed by atoms with Gasteiger partial charge < -0.3 is 0 Å². The van der Waals surface area contributed by atoms with Gasteiger partial charge in [-0.1, -0.05) is 29.3 Å². The molecular weight excluding hydrogens is 247 g/mol. The van der Waals surface area contributed by atoms with E-state index >= 15 is 0 Å². The first-order valence-electron chi connectivity index (χ1n) is 3.82. The first kappa shape index (κ1) is 11.5. The van der Waals surface area contributed by atoms with Crippen LogP contribution in [0.3, 0.4) is 0 Å². The molecule has 0 spiro atoms. The first-order chi connectivity index (χ1) is 6.25. The molecule has 0 N–H and O–H groups in total. The van der Waals surface area contributed by atoms with E-state index < -0.39 is 0 Å². The van der Waals surface area contributed by atoms with Crippen LogP contribution in [0.25, 0.3) is 0 Å². The fraction of sp³-hybridized carbons (Fsp3) is 0.333. The lowest BCUT2D eigenvalue weighted by atomic mass is 10.2. The van der Waals surface area contributed by atoms with E-state index in [4.69, 9.17) is 34.8 Å². The number of benzene rings is 1. The molecule has 4 heteroatoms. The number of alkyl halides is 1. The van der Waals surface area contributed by atoms with E-state index in [1.807, 2.05) is 18.2 Å². The molecule has 72 valence electrons. The fourth-order valence-electron chi connectivity index (χ4n) is 0.899. The monoisotopic (exact) mass is 254 g/mol. The molecule has 0 atom stereocenters. The second-order valence-corrected chi connectivity index (χ2v) is 4.74. The summed E-state index contributed by atoms with van der Waals surface area (Å²) in [7, 11) is 0. The Balaban J connectivity index is 2.64. The number of hydrogen-bond donors (Lipinski definition) is 0. The van der Waals surface area contributed by atoms with Crippen LogP contribution < -0.4 is 0 Å². The molecule has 0 radical (unpaired) electrons. The zero-order valence-electron chi connectivity index (χ0n) is 6.90. The number of rotatable bonds is 4. The zero-order valence-corrected chi connectivity index (χ0v) is 9.98. The summed E-state index contributed by atoms with van der Waals surface area (Å²) in [6.45, 7) is 0. The molecule has 0 fully saturated rings. The highest BCUT2D eigenvalue weighted by Gasteiger charge is 2.04. The summed E-state index contributed by atoms with van der Waals surface area (Å²) in [6.07, 6.45) is 0. The molecule has 13 heavy (non-hydrogen) atoms. The van der Waals surface area contributed by atoms with Crippen LogP contribution in [0.2, 0.25) is 10.0 Å². The van der Waals surface area contributed by atoms with Crippen molar-refractivity contribution in [3.63, 3.8) is 0 Å². The van der Waals surface area contributed by atoms with Gasteiger partial charge in [0, 0.05) is 27.4 Å². The summed E-state index contributed by atoms with van der Waals surface area (Å²) in [5.41, 5.74) is 1.00. The standard InChI is InChI=1S/C9H9Cl3S/c10-4-5-13-6-7-8(11)2-1-3-9(7)12/h1-3H,4-6H2. The third-order valence-corrected chi connectivity index (χ3v) is 3.64. The van der Waals surface area contributed by atoms with Crippen LogP contribution in [-0.2, 0) is 5.75 Å². The van der Waals surface area contributed by atoms with Crippen LogP contribution in [0.5, 0.6) is 0 Å². The van der Waals surface area contributed by atoms with Crippen LogP contribution in [0.1, 0.15) is 5.56 Å². The van der Waals surface area contributed by atoms with Gasteiger partial charge in [-0.3, -0.25) is 0 Å². The molecule has 0 bridgehead atoms. The van der Waals surface area contributed by atoms with Gasteiger partial charge in [-0.25, -0.2) is 0 Å². The maximum absolute atomic E-state index is 5.98. The van der Waals surface area contributed by atoms with Crippen molar-refractivity contribution in [3.05, 3.63) is 33.8 Å². The quantitative estimate of drug-likeness (QED) is 0.565. The third-order valence-electron chi connectivity index (χ3n) is 1.53. The molecule has 0 nitrogen and oxygen atoms in total. The third kappa shape index (κ3) is 3.59. The molecule has 0 unspecified atom stereocenters. The zero-order chi connectivity index (χ0) is 9.68. The fourth-order valence-corrected chi connectivity index (χ4v) is 2.68. The smallest absolute Gasteiger partial charge is 0.0461 e. The van der Waals surface area contributed by atoms with Crippen LogP contribution in [0, 0.1) is 0 Å². The Hall–Kier alpha value is 0.440. The van der Waals surface area contributed by atoms with Gasteiger partial charge in [0.1, 0.15) is 0 Å². The Morgan fingerprint density at radius 3 is 2.31 bits per heavy atom. The Morgan fingerprint density at radius 1 is 1.15 bits per heavy atom. The molecule has 0 saturated carbocycles. The summed E-state index contributed by atoms with van der Waals surface area (Å²) in [4.78, 5) is 0. The van der Waals surface area contributed by atoms with E-state index in [9.17, 15) is 0 Å². The van der Waals surface area contributed by atoms with Crippen molar-refractivity contribution in [1.82, 2.24) is 0 Å². The number of hydrogen-bond acceptors (Lipinski definition) is 1. The predicted octanol–water partition coefficient (Wildman–Crippen LogP) is 4.47. The van der Waals surface area contributed by atoms with Crippen LogP contribution in [0.4, 0.5) is 0 Å². The minimum atomic E-state index is 0.659. The van der Waals surface area contributed by atoms with Crippen molar-refractivity contribution >= 4 is 46.6 Å². The molecule has 0 heterocycles. The van der Waals surface area contributed by atoms with E-state index in [0.717, 1.165) is 27.1 Å². The molecule has 1 rings (SSSR count). The van der Waals surface area contributed by atoms with Gasteiger partial charge in [0.05, 0.1) is 0 Å². The van der Waals surface area contributed by atoms with Crippen molar-refractivity contribution in [2.24, 2.45) is 0 Å². The normalized spacial score (nSPS) is 10.4. The largest absolute Gasteiger partial charge is 0.156 e. The Morgan fingerprint density at radius 2 is 1.77 bits per heavy atom. The van der Waals surface area contributed by atoms with E-state index in [1.54, 1.807) is 11.8 Å². The average molecular weight is 256 g/mol. The van der Waals surface area contributed by atoms with E-state index in [-0.39, 0.29) is 0 Å². The van der Waals surface area contributed by atoms with Crippen molar-refractivity contribution in [2.75, 3.05) is 11.6 Å². The SMILES string of the molecule is ClCCSCc1c(Cl)cccc1Cl. The van der Waals surface area contributed by atoms with Crippen molar-refractivity contribution in [3.8, 4) is 0 Å². The molecule has 0 aliphatic rings.